The van der Waals surface area contributed by atoms with E-state index in [9.17, 15) is 13.2 Å². The molecular formula is C18H25F3N2O5. The molecule has 1 aromatic heterocycles. The zero-order valence-corrected chi connectivity index (χ0v) is 15.8. The number of carboxylic acids is 1. The van der Waals surface area contributed by atoms with E-state index in [1.807, 2.05) is 13.0 Å². The molecule has 0 saturated carbocycles. The molecule has 10 heteroatoms. The molecule has 0 spiro atoms. The van der Waals surface area contributed by atoms with Gasteiger partial charge in [-0.1, -0.05) is 6.07 Å². The molecule has 3 atom stereocenters. The van der Waals surface area contributed by atoms with E-state index in [1.165, 1.54) is 6.42 Å². The first-order valence-electron chi connectivity index (χ1n) is 9.03. The SMILES string of the molecule is CCO[C@@H]1CN(Cc2cccnc2OC)[C@@H]2CCCO[C@@H]21.O=C(O)C(F)(F)F. The van der Waals surface area contributed by atoms with Gasteiger partial charge in [-0.3, -0.25) is 4.90 Å². The summed E-state index contributed by atoms with van der Waals surface area (Å²) >= 11 is 0. The van der Waals surface area contributed by atoms with Gasteiger partial charge < -0.3 is 19.3 Å². The molecule has 0 aliphatic carbocycles. The summed E-state index contributed by atoms with van der Waals surface area (Å²) in [7, 11) is 1.67. The maximum atomic E-state index is 10.6. The zero-order chi connectivity index (χ0) is 20.7. The van der Waals surface area contributed by atoms with Crippen molar-refractivity contribution < 1.29 is 37.3 Å². The van der Waals surface area contributed by atoms with Gasteiger partial charge >= 0.3 is 12.1 Å². The Morgan fingerprint density at radius 2 is 2.18 bits per heavy atom. The molecule has 28 heavy (non-hydrogen) atoms. The van der Waals surface area contributed by atoms with Gasteiger partial charge in [0.05, 0.1) is 13.2 Å². The first kappa shape index (κ1) is 22.4. The minimum atomic E-state index is -5.08. The summed E-state index contributed by atoms with van der Waals surface area (Å²) in [6.45, 7) is 5.40. The highest BCUT2D eigenvalue weighted by Crippen LogP contribution is 2.32. The first-order valence-corrected chi connectivity index (χ1v) is 9.03. The van der Waals surface area contributed by atoms with Gasteiger partial charge in [-0.15, -0.1) is 0 Å². The van der Waals surface area contributed by atoms with Crippen LogP contribution in [0.1, 0.15) is 25.3 Å². The number of carboxylic acid groups (broad SMARTS) is 1. The highest BCUT2D eigenvalue weighted by Gasteiger charge is 2.44. The van der Waals surface area contributed by atoms with Crippen molar-refractivity contribution in [2.75, 3.05) is 26.9 Å². The van der Waals surface area contributed by atoms with Crippen molar-refractivity contribution in [3.63, 3.8) is 0 Å². The van der Waals surface area contributed by atoms with Crippen LogP contribution >= 0.6 is 0 Å². The standard InChI is InChI=1S/C16H24N2O3.C2HF3O2/c1-3-20-14-11-18(13-7-5-9-21-15(13)14)10-12-6-4-8-17-16(12)19-2;3-2(4,5)1(6)7/h4,6,8,13-15H,3,5,7,9-11H2,1-2H3;(H,6,7)/t13-,14-,15+;/m1./s1. The molecule has 0 aromatic carbocycles. The lowest BCUT2D eigenvalue weighted by Crippen LogP contribution is -2.41. The summed E-state index contributed by atoms with van der Waals surface area (Å²) in [4.78, 5) is 15.6. The number of methoxy groups -OCH3 is 1. The van der Waals surface area contributed by atoms with Gasteiger partial charge in [-0.2, -0.15) is 13.2 Å². The third-order valence-electron chi connectivity index (χ3n) is 4.62. The predicted molar refractivity (Wildman–Crippen MR) is 93.1 cm³/mol. The third kappa shape index (κ3) is 5.79. The van der Waals surface area contributed by atoms with Crippen LogP contribution in [0.15, 0.2) is 18.3 Å². The number of likely N-dealkylation sites (tertiary alicyclic amines) is 1. The third-order valence-corrected chi connectivity index (χ3v) is 4.62. The van der Waals surface area contributed by atoms with Gasteiger partial charge in [-0.05, 0) is 25.8 Å². The fourth-order valence-electron chi connectivity index (χ4n) is 3.49. The van der Waals surface area contributed by atoms with Crippen molar-refractivity contribution in [2.24, 2.45) is 0 Å². The Kier molecular flexibility index (Phi) is 8.02. The lowest BCUT2D eigenvalue weighted by atomic mass is 10.0. The smallest absolute Gasteiger partial charge is 0.481 e. The molecule has 2 saturated heterocycles. The predicted octanol–water partition coefficient (Wildman–Crippen LogP) is 2.49. The fraction of sp³-hybridized carbons (Fsp3) is 0.667. The van der Waals surface area contributed by atoms with Crippen LogP contribution in [0, 0.1) is 0 Å². The van der Waals surface area contributed by atoms with Crippen molar-refractivity contribution in [1.82, 2.24) is 9.88 Å². The van der Waals surface area contributed by atoms with Crippen LogP contribution in [0.4, 0.5) is 13.2 Å². The molecule has 2 aliphatic heterocycles. The van der Waals surface area contributed by atoms with Crippen molar-refractivity contribution in [3.8, 4) is 5.88 Å². The van der Waals surface area contributed by atoms with Crippen molar-refractivity contribution in [1.29, 1.82) is 0 Å². The highest BCUT2D eigenvalue weighted by molar-refractivity contribution is 5.73. The Labute approximate surface area is 161 Å². The van der Waals surface area contributed by atoms with Crippen LogP contribution in [-0.2, 0) is 20.8 Å². The monoisotopic (exact) mass is 406 g/mol. The molecule has 3 heterocycles. The van der Waals surface area contributed by atoms with E-state index in [1.54, 1.807) is 13.3 Å². The van der Waals surface area contributed by atoms with Gasteiger partial charge in [0.1, 0.15) is 6.10 Å². The van der Waals surface area contributed by atoms with Crippen LogP contribution in [-0.4, -0.2) is 72.3 Å². The van der Waals surface area contributed by atoms with E-state index in [2.05, 4.69) is 16.0 Å². The lowest BCUT2D eigenvalue weighted by Gasteiger charge is -2.32. The summed E-state index contributed by atoms with van der Waals surface area (Å²) in [5.41, 5.74) is 1.13. The number of pyridine rings is 1. The van der Waals surface area contributed by atoms with E-state index in [0.29, 0.717) is 11.9 Å². The minimum absolute atomic E-state index is 0.183. The van der Waals surface area contributed by atoms with Gasteiger partial charge in [0.15, 0.2) is 0 Å². The molecule has 158 valence electrons. The average molecular weight is 406 g/mol. The Morgan fingerprint density at radius 3 is 2.79 bits per heavy atom. The zero-order valence-electron chi connectivity index (χ0n) is 15.8. The molecule has 2 fully saturated rings. The van der Waals surface area contributed by atoms with Gasteiger partial charge in [0.2, 0.25) is 5.88 Å². The Bertz CT molecular complexity index is 644. The number of halogens is 3. The van der Waals surface area contributed by atoms with E-state index in [4.69, 9.17) is 24.1 Å². The van der Waals surface area contributed by atoms with E-state index < -0.39 is 12.1 Å². The second-order valence-corrected chi connectivity index (χ2v) is 6.44. The Hall–Kier alpha value is -1.91. The molecule has 0 radical (unpaired) electrons. The van der Waals surface area contributed by atoms with Crippen molar-refractivity contribution in [3.05, 3.63) is 23.9 Å². The van der Waals surface area contributed by atoms with Crippen LogP contribution in [0.2, 0.25) is 0 Å². The number of ether oxygens (including phenoxy) is 3. The normalized spacial score (nSPS) is 24.8. The molecule has 0 amide bonds. The molecule has 0 unspecified atom stereocenters. The number of nitrogens with zero attached hydrogens (tertiary/aromatic N) is 2. The first-order chi connectivity index (χ1) is 13.3. The van der Waals surface area contributed by atoms with E-state index in [0.717, 1.165) is 38.3 Å². The Balaban J connectivity index is 0.000000345. The number of aliphatic carboxylic acids is 1. The summed E-state index contributed by atoms with van der Waals surface area (Å²) in [5.74, 6) is -2.04. The molecule has 7 nitrogen and oxygen atoms in total. The average Bonchev–Trinajstić information content (AvgIpc) is 3.00. The molecular weight excluding hydrogens is 381 g/mol. The molecule has 1 aromatic rings. The largest absolute Gasteiger partial charge is 0.490 e. The fourth-order valence-corrected chi connectivity index (χ4v) is 3.49. The number of fused-ring (bicyclic) bond motifs is 1. The second-order valence-electron chi connectivity index (χ2n) is 6.44. The maximum absolute atomic E-state index is 10.6. The van der Waals surface area contributed by atoms with Gasteiger partial charge in [0.25, 0.3) is 0 Å². The van der Waals surface area contributed by atoms with Crippen molar-refractivity contribution >= 4 is 5.97 Å². The summed E-state index contributed by atoms with van der Waals surface area (Å²) < 4.78 is 49.0. The topological polar surface area (TPSA) is 81.1 Å². The lowest BCUT2D eigenvalue weighted by molar-refractivity contribution is -0.192. The van der Waals surface area contributed by atoms with Crippen LogP contribution in [0.25, 0.3) is 0 Å². The number of aromatic nitrogens is 1. The second kappa shape index (κ2) is 10.0. The highest BCUT2D eigenvalue weighted by atomic mass is 19.4. The molecule has 3 rings (SSSR count). The van der Waals surface area contributed by atoms with Crippen LogP contribution in [0.5, 0.6) is 5.88 Å². The summed E-state index contributed by atoms with van der Waals surface area (Å²) in [5, 5.41) is 7.12. The molecule has 0 bridgehead atoms. The number of carbonyl (C=O) groups is 1. The Morgan fingerprint density at radius 1 is 1.46 bits per heavy atom. The molecule has 1 N–H and O–H groups in total. The maximum Gasteiger partial charge on any atom is 0.490 e. The van der Waals surface area contributed by atoms with Crippen molar-refractivity contribution in [2.45, 2.75) is 50.7 Å². The van der Waals surface area contributed by atoms with E-state index in [-0.39, 0.29) is 12.2 Å². The van der Waals surface area contributed by atoms with Gasteiger partial charge in [0, 0.05) is 44.1 Å². The number of hydrogen-bond acceptors (Lipinski definition) is 6. The van der Waals surface area contributed by atoms with Crippen LogP contribution < -0.4 is 4.74 Å². The number of hydrogen-bond donors (Lipinski definition) is 1. The summed E-state index contributed by atoms with van der Waals surface area (Å²) in [6, 6.07) is 4.49. The molecule has 2 aliphatic rings. The van der Waals surface area contributed by atoms with E-state index >= 15 is 0 Å². The van der Waals surface area contributed by atoms with Crippen LogP contribution in [0.3, 0.4) is 0 Å². The minimum Gasteiger partial charge on any atom is -0.481 e. The van der Waals surface area contributed by atoms with Gasteiger partial charge in [-0.25, -0.2) is 9.78 Å². The summed E-state index contributed by atoms with van der Waals surface area (Å²) in [6.07, 6.45) is -0.622. The number of alkyl halides is 3. The number of rotatable bonds is 5. The quantitative estimate of drug-likeness (QED) is 0.805.